The topological polar surface area (TPSA) is 59.8 Å². The van der Waals surface area contributed by atoms with Crippen LogP contribution < -0.4 is 15.1 Å². The van der Waals surface area contributed by atoms with Crippen LogP contribution in [-0.4, -0.2) is 12.5 Å². The van der Waals surface area contributed by atoms with E-state index in [2.05, 4.69) is 13.8 Å². The molecule has 1 aromatic heterocycles. The van der Waals surface area contributed by atoms with E-state index in [0.717, 1.165) is 18.1 Å². The molecule has 0 bridgehead atoms. The van der Waals surface area contributed by atoms with Crippen molar-refractivity contribution in [3.05, 3.63) is 104 Å². The molecular weight excluding hydrogens is 481 g/mol. The minimum Gasteiger partial charge on any atom is -0.494 e. The lowest BCUT2D eigenvalue weighted by Crippen LogP contribution is -2.29. The number of hydrogen-bond donors (Lipinski definition) is 0. The summed E-state index contributed by atoms with van der Waals surface area (Å²) in [6, 6.07) is 15.5. The number of fused-ring (bicyclic) bond motifs is 2. The molecule has 0 aliphatic carbocycles. The first kappa shape index (κ1) is 24.1. The molecule has 0 saturated carbocycles. The Hall–Kier alpha value is -3.64. The number of rotatable bonds is 6. The molecular formula is C29H25ClFNO4. The third kappa shape index (κ3) is 4.26. The van der Waals surface area contributed by atoms with Gasteiger partial charge < -0.3 is 9.15 Å². The molecule has 0 fully saturated rings. The SMILES string of the molecule is Cc1ccc(N2C(=O)c3oc4ccc(F)cc4c(=O)c3C2c2cccc(OCCC(C)C)c2)cc1Cl. The van der Waals surface area contributed by atoms with Gasteiger partial charge in [-0.2, -0.15) is 0 Å². The highest BCUT2D eigenvalue weighted by Crippen LogP contribution is 2.42. The number of anilines is 1. The van der Waals surface area contributed by atoms with Crippen LogP contribution in [-0.2, 0) is 0 Å². The quantitative estimate of drug-likeness (QED) is 0.281. The Morgan fingerprint density at radius 1 is 1.08 bits per heavy atom. The molecule has 0 radical (unpaired) electrons. The fourth-order valence-electron chi connectivity index (χ4n) is 4.45. The number of carbonyl (C=O) groups excluding carboxylic acids is 1. The Balaban J connectivity index is 1.70. The zero-order valence-electron chi connectivity index (χ0n) is 20.2. The standard InChI is InChI=1S/C29H25ClFNO4/c1-16(2)11-12-35-21-6-4-5-18(13-21)26-25-27(33)22-14-19(31)8-10-24(22)36-28(25)29(34)32(26)20-9-7-17(3)23(30)15-20/h4-10,13-16,26H,11-12H2,1-3H3. The molecule has 5 nitrogen and oxygen atoms in total. The van der Waals surface area contributed by atoms with Crippen LogP contribution in [0.25, 0.3) is 11.0 Å². The van der Waals surface area contributed by atoms with E-state index in [-0.39, 0.29) is 22.3 Å². The molecule has 5 rings (SSSR count). The van der Waals surface area contributed by atoms with Crippen LogP contribution in [0.4, 0.5) is 10.1 Å². The number of aryl methyl sites for hydroxylation is 1. The summed E-state index contributed by atoms with van der Waals surface area (Å²) in [6.07, 6.45) is 0.893. The van der Waals surface area contributed by atoms with Crippen LogP contribution >= 0.6 is 11.6 Å². The molecule has 0 N–H and O–H groups in total. The summed E-state index contributed by atoms with van der Waals surface area (Å²) in [5, 5.41) is 0.576. The van der Waals surface area contributed by atoms with Crippen molar-refractivity contribution in [3.63, 3.8) is 0 Å². The number of halogens is 2. The Kier molecular flexibility index (Phi) is 6.31. The fourth-order valence-corrected chi connectivity index (χ4v) is 4.62. The second-order valence-electron chi connectivity index (χ2n) is 9.43. The Morgan fingerprint density at radius 2 is 1.89 bits per heavy atom. The van der Waals surface area contributed by atoms with Gasteiger partial charge in [-0.25, -0.2) is 4.39 Å². The van der Waals surface area contributed by atoms with E-state index < -0.39 is 23.2 Å². The number of nitrogens with zero attached hydrogens (tertiary/aromatic N) is 1. The first-order valence-corrected chi connectivity index (χ1v) is 12.2. The van der Waals surface area contributed by atoms with Crippen molar-refractivity contribution in [2.75, 3.05) is 11.5 Å². The molecule has 7 heteroatoms. The maximum absolute atomic E-state index is 14.0. The second-order valence-corrected chi connectivity index (χ2v) is 9.84. The van der Waals surface area contributed by atoms with E-state index in [1.54, 1.807) is 12.1 Å². The number of amides is 1. The van der Waals surface area contributed by atoms with Gasteiger partial charge in [-0.1, -0.05) is 43.6 Å². The maximum Gasteiger partial charge on any atom is 0.295 e. The molecule has 184 valence electrons. The molecule has 0 spiro atoms. The summed E-state index contributed by atoms with van der Waals surface area (Å²) in [7, 11) is 0. The van der Waals surface area contributed by atoms with Crippen molar-refractivity contribution in [2.45, 2.75) is 33.2 Å². The number of hydrogen-bond acceptors (Lipinski definition) is 4. The van der Waals surface area contributed by atoms with Gasteiger partial charge in [-0.05, 0) is 72.9 Å². The van der Waals surface area contributed by atoms with Gasteiger partial charge in [0.25, 0.3) is 5.91 Å². The number of benzene rings is 3. The van der Waals surface area contributed by atoms with Gasteiger partial charge >= 0.3 is 0 Å². The van der Waals surface area contributed by atoms with Crippen molar-refractivity contribution in [3.8, 4) is 5.75 Å². The zero-order valence-corrected chi connectivity index (χ0v) is 20.9. The summed E-state index contributed by atoms with van der Waals surface area (Å²) in [5.74, 6) is 0.0365. The van der Waals surface area contributed by atoms with Crippen LogP contribution in [0, 0.1) is 18.7 Å². The molecule has 36 heavy (non-hydrogen) atoms. The second kappa shape index (κ2) is 9.43. The number of carbonyl (C=O) groups is 1. The van der Waals surface area contributed by atoms with Gasteiger partial charge in [0.05, 0.1) is 23.6 Å². The minimum atomic E-state index is -0.802. The lowest BCUT2D eigenvalue weighted by atomic mass is 9.98. The van der Waals surface area contributed by atoms with E-state index in [0.29, 0.717) is 34.5 Å². The molecule has 2 heterocycles. The zero-order chi connectivity index (χ0) is 25.6. The Morgan fingerprint density at radius 3 is 2.64 bits per heavy atom. The van der Waals surface area contributed by atoms with Crippen molar-refractivity contribution < 1.29 is 18.3 Å². The lowest BCUT2D eigenvalue weighted by molar-refractivity contribution is 0.0971. The Bertz CT molecular complexity index is 1540. The average Bonchev–Trinajstić information content (AvgIpc) is 3.14. The van der Waals surface area contributed by atoms with E-state index in [4.69, 9.17) is 20.8 Å². The predicted octanol–water partition coefficient (Wildman–Crippen LogP) is 7.07. The molecule has 1 aliphatic heterocycles. The first-order valence-electron chi connectivity index (χ1n) is 11.8. The predicted molar refractivity (Wildman–Crippen MR) is 139 cm³/mol. The van der Waals surface area contributed by atoms with Crippen LogP contribution in [0.3, 0.4) is 0 Å². The van der Waals surface area contributed by atoms with Gasteiger partial charge in [-0.15, -0.1) is 0 Å². The molecule has 4 aromatic rings. The van der Waals surface area contributed by atoms with Gasteiger partial charge in [0.2, 0.25) is 5.76 Å². The monoisotopic (exact) mass is 505 g/mol. The van der Waals surface area contributed by atoms with Crippen molar-refractivity contribution in [1.29, 1.82) is 0 Å². The van der Waals surface area contributed by atoms with E-state index in [9.17, 15) is 14.0 Å². The summed E-state index contributed by atoms with van der Waals surface area (Å²) in [6.45, 7) is 6.66. The molecule has 1 aliphatic rings. The smallest absolute Gasteiger partial charge is 0.295 e. The summed E-state index contributed by atoms with van der Waals surface area (Å²) < 4.78 is 25.9. The maximum atomic E-state index is 14.0. The van der Waals surface area contributed by atoms with Crippen molar-refractivity contribution in [1.82, 2.24) is 0 Å². The molecule has 0 saturated heterocycles. The van der Waals surface area contributed by atoms with Gasteiger partial charge in [0.1, 0.15) is 17.1 Å². The largest absolute Gasteiger partial charge is 0.494 e. The van der Waals surface area contributed by atoms with E-state index >= 15 is 0 Å². The van der Waals surface area contributed by atoms with Crippen molar-refractivity contribution in [2.24, 2.45) is 5.92 Å². The molecule has 3 aromatic carbocycles. The fraction of sp³-hybridized carbons (Fsp3) is 0.241. The van der Waals surface area contributed by atoms with Gasteiger partial charge in [0.15, 0.2) is 5.43 Å². The highest BCUT2D eigenvalue weighted by atomic mass is 35.5. The van der Waals surface area contributed by atoms with Gasteiger partial charge in [-0.3, -0.25) is 14.5 Å². The summed E-state index contributed by atoms with van der Waals surface area (Å²) in [4.78, 5) is 28.9. The normalized spacial score (nSPS) is 15.1. The van der Waals surface area contributed by atoms with E-state index in [1.165, 1.54) is 17.0 Å². The van der Waals surface area contributed by atoms with Crippen LogP contribution in [0.5, 0.6) is 5.75 Å². The highest BCUT2D eigenvalue weighted by molar-refractivity contribution is 6.31. The first-order chi connectivity index (χ1) is 17.2. The average molecular weight is 506 g/mol. The minimum absolute atomic E-state index is 0.0630. The third-order valence-corrected chi connectivity index (χ3v) is 6.81. The molecule has 1 unspecified atom stereocenters. The third-order valence-electron chi connectivity index (χ3n) is 6.40. The lowest BCUT2D eigenvalue weighted by Gasteiger charge is -2.26. The summed E-state index contributed by atoms with van der Waals surface area (Å²) in [5.41, 5.74) is 1.92. The summed E-state index contributed by atoms with van der Waals surface area (Å²) >= 11 is 6.40. The van der Waals surface area contributed by atoms with E-state index in [1.807, 2.05) is 37.3 Å². The Labute approximate surface area is 213 Å². The molecule has 1 amide bonds. The van der Waals surface area contributed by atoms with Crippen LogP contribution in [0.1, 0.15) is 53.6 Å². The van der Waals surface area contributed by atoms with Crippen molar-refractivity contribution >= 4 is 34.2 Å². The van der Waals surface area contributed by atoms with Crippen LogP contribution in [0.15, 0.2) is 69.9 Å². The number of ether oxygens (including phenoxy) is 1. The highest BCUT2D eigenvalue weighted by Gasteiger charge is 2.44. The van der Waals surface area contributed by atoms with Gasteiger partial charge in [0, 0.05) is 10.7 Å². The van der Waals surface area contributed by atoms with Crippen LogP contribution in [0.2, 0.25) is 5.02 Å². The molecule has 1 atom stereocenters.